The van der Waals surface area contributed by atoms with E-state index in [0.717, 1.165) is 5.56 Å². The fraction of sp³-hybridized carbons (Fsp3) is 0.286. The van der Waals surface area contributed by atoms with Crippen molar-refractivity contribution >= 4 is 50.9 Å². The predicted molar refractivity (Wildman–Crippen MR) is 122 cm³/mol. The summed E-state index contributed by atoms with van der Waals surface area (Å²) in [7, 11) is -3.52. The van der Waals surface area contributed by atoms with Gasteiger partial charge in [0.15, 0.2) is 0 Å². The van der Waals surface area contributed by atoms with Crippen LogP contribution in [0, 0.1) is 0 Å². The van der Waals surface area contributed by atoms with Crippen molar-refractivity contribution in [3.8, 4) is 0 Å². The van der Waals surface area contributed by atoms with E-state index in [1.54, 1.807) is 31.2 Å². The number of hydrogen-bond donors (Lipinski definition) is 1. The average molecular weight is 468 g/mol. The normalized spacial score (nSPS) is 17.2. The summed E-state index contributed by atoms with van der Waals surface area (Å²) in [5, 5.41) is 4.68. The third-order valence-corrected chi connectivity index (χ3v) is 7.39. The van der Waals surface area contributed by atoms with Crippen molar-refractivity contribution in [3.63, 3.8) is 0 Å². The van der Waals surface area contributed by atoms with Crippen molar-refractivity contribution in [1.29, 1.82) is 0 Å². The van der Waals surface area contributed by atoms with Crippen molar-refractivity contribution in [2.24, 2.45) is 0 Å². The van der Waals surface area contributed by atoms with Crippen LogP contribution >= 0.6 is 23.2 Å². The Bertz CT molecular complexity index is 1020. The van der Waals surface area contributed by atoms with Gasteiger partial charge in [0, 0.05) is 31.6 Å². The van der Waals surface area contributed by atoms with E-state index in [4.69, 9.17) is 23.2 Å². The molecule has 0 aliphatic carbocycles. The number of anilines is 1. The van der Waals surface area contributed by atoms with Crippen molar-refractivity contribution < 1.29 is 13.2 Å². The molecule has 30 heavy (non-hydrogen) atoms. The number of nitrogens with zero attached hydrogens (tertiary/aromatic N) is 2. The molecule has 1 heterocycles. The van der Waals surface area contributed by atoms with Gasteiger partial charge in [0.05, 0.1) is 21.8 Å². The van der Waals surface area contributed by atoms with E-state index >= 15 is 0 Å². The zero-order chi connectivity index (χ0) is 21.7. The van der Waals surface area contributed by atoms with Crippen LogP contribution in [0.2, 0.25) is 10.0 Å². The number of halogens is 2. The van der Waals surface area contributed by atoms with Gasteiger partial charge >= 0.3 is 0 Å². The highest BCUT2D eigenvalue weighted by molar-refractivity contribution is 7.92. The van der Waals surface area contributed by atoms with Gasteiger partial charge < -0.3 is 5.32 Å². The van der Waals surface area contributed by atoms with Gasteiger partial charge in [-0.2, -0.15) is 4.31 Å². The molecular weight excluding hydrogens is 445 g/mol. The summed E-state index contributed by atoms with van der Waals surface area (Å²) in [6.07, 6.45) is 1.59. The molecule has 0 spiro atoms. The predicted octanol–water partition coefficient (Wildman–Crippen LogP) is 3.94. The molecule has 0 radical (unpaired) electrons. The highest BCUT2D eigenvalue weighted by Crippen LogP contribution is 2.29. The lowest BCUT2D eigenvalue weighted by atomic mass is 10.2. The summed E-state index contributed by atoms with van der Waals surface area (Å²) in [4.78, 5) is 14.6. The summed E-state index contributed by atoms with van der Waals surface area (Å²) in [6.45, 7) is 3.33. The van der Waals surface area contributed by atoms with E-state index in [0.29, 0.717) is 41.9 Å². The molecule has 0 bridgehead atoms. The number of amides is 1. The highest BCUT2D eigenvalue weighted by atomic mass is 35.5. The first-order valence-corrected chi connectivity index (χ1v) is 11.8. The molecule has 2 aromatic carbocycles. The van der Waals surface area contributed by atoms with Crippen LogP contribution in [0.4, 0.5) is 5.69 Å². The summed E-state index contributed by atoms with van der Waals surface area (Å²) >= 11 is 12.1. The second kappa shape index (κ2) is 9.94. The Morgan fingerprint density at radius 2 is 1.70 bits per heavy atom. The van der Waals surface area contributed by atoms with E-state index < -0.39 is 16.1 Å². The van der Waals surface area contributed by atoms with Crippen LogP contribution in [0.5, 0.6) is 0 Å². The van der Waals surface area contributed by atoms with E-state index in [2.05, 4.69) is 5.32 Å². The molecule has 1 unspecified atom stereocenters. The lowest BCUT2D eigenvalue weighted by Crippen LogP contribution is -2.53. The number of sulfonamides is 1. The molecule has 0 saturated carbocycles. The molecule has 1 atom stereocenters. The van der Waals surface area contributed by atoms with Crippen LogP contribution in [0.15, 0.2) is 53.9 Å². The Morgan fingerprint density at radius 3 is 2.37 bits per heavy atom. The summed E-state index contributed by atoms with van der Waals surface area (Å²) in [5.41, 5.74) is 1.28. The number of carbonyl (C=O) groups is 1. The van der Waals surface area contributed by atoms with Crippen molar-refractivity contribution in [2.75, 3.05) is 31.5 Å². The lowest BCUT2D eigenvalue weighted by molar-refractivity contribution is -0.121. The first kappa shape index (κ1) is 22.8. The quantitative estimate of drug-likeness (QED) is 0.698. The van der Waals surface area contributed by atoms with Crippen LogP contribution in [0.3, 0.4) is 0 Å². The van der Waals surface area contributed by atoms with Gasteiger partial charge in [0.2, 0.25) is 15.9 Å². The summed E-state index contributed by atoms with van der Waals surface area (Å²) in [6, 6.07) is 13.9. The van der Waals surface area contributed by atoms with Crippen molar-refractivity contribution in [1.82, 2.24) is 9.21 Å². The van der Waals surface area contributed by atoms with Crippen LogP contribution < -0.4 is 5.32 Å². The van der Waals surface area contributed by atoms with Gasteiger partial charge in [-0.3, -0.25) is 9.69 Å². The van der Waals surface area contributed by atoms with E-state index in [-0.39, 0.29) is 5.91 Å². The molecule has 160 valence electrons. The van der Waals surface area contributed by atoms with Gasteiger partial charge in [0.25, 0.3) is 0 Å². The van der Waals surface area contributed by atoms with E-state index in [1.807, 2.05) is 35.2 Å². The van der Waals surface area contributed by atoms with Crippen molar-refractivity contribution in [3.05, 3.63) is 69.5 Å². The number of nitrogens with one attached hydrogen (secondary N) is 1. The van der Waals surface area contributed by atoms with Gasteiger partial charge in [-0.15, -0.1) is 0 Å². The molecule has 1 saturated heterocycles. The SMILES string of the molecule is CC(C(=O)Nc1cccc(Cl)c1Cl)N1CCN(S(=O)(=O)C=Cc2ccccc2)CC1. The molecule has 9 heteroatoms. The number of hydrogen-bond acceptors (Lipinski definition) is 4. The molecule has 1 aliphatic heterocycles. The maximum Gasteiger partial charge on any atom is 0.241 e. The minimum atomic E-state index is -3.52. The average Bonchev–Trinajstić information content (AvgIpc) is 2.76. The zero-order valence-corrected chi connectivity index (χ0v) is 18.8. The number of piperazine rings is 1. The molecule has 1 N–H and O–H groups in total. The van der Waals surface area contributed by atoms with Gasteiger partial charge in [-0.05, 0) is 30.7 Å². The smallest absolute Gasteiger partial charge is 0.241 e. The lowest BCUT2D eigenvalue weighted by Gasteiger charge is -2.36. The van der Waals surface area contributed by atoms with Crippen LogP contribution in [-0.2, 0) is 14.8 Å². The maximum absolute atomic E-state index is 12.6. The maximum atomic E-state index is 12.6. The van der Waals surface area contributed by atoms with Crippen LogP contribution in [-0.4, -0.2) is 55.8 Å². The molecule has 1 amide bonds. The minimum Gasteiger partial charge on any atom is -0.323 e. The van der Waals surface area contributed by atoms with Gasteiger partial charge in [-0.25, -0.2) is 8.42 Å². The standard InChI is InChI=1S/C21H23Cl2N3O3S/c1-16(21(27)24-19-9-5-8-18(22)20(19)23)25-11-13-26(14-12-25)30(28,29)15-10-17-6-3-2-4-7-17/h2-10,15-16H,11-14H2,1H3,(H,24,27). The molecule has 2 aromatic rings. The van der Waals surface area contributed by atoms with E-state index in [1.165, 1.54) is 9.71 Å². The molecular formula is C21H23Cl2N3O3S. The van der Waals surface area contributed by atoms with Crippen LogP contribution in [0.1, 0.15) is 12.5 Å². The zero-order valence-electron chi connectivity index (χ0n) is 16.5. The second-order valence-corrected chi connectivity index (χ2v) is 9.56. The Hall–Kier alpha value is -1.90. The van der Waals surface area contributed by atoms with Gasteiger partial charge in [0.1, 0.15) is 0 Å². The second-order valence-electron chi connectivity index (χ2n) is 6.96. The Labute approximate surface area is 187 Å². The topological polar surface area (TPSA) is 69.7 Å². The third-order valence-electron chi connectivity index (χ3n) is 5.00. The Morgan fingerprint density at radius 1 is 1.03 bits per heavy atom. The van der Waals surface area contributed by atoms with Crippen LogP contribution in [0.25, 0.3) is 6.08 Å². The largest absolute Gasteiger partial charge is 0.323 e. The fourth-order valence-electron chi connectivity index (χ4n) is 3.16. The number of benzene rings is 2. The third kappa shape index (κ3) is 5.62. The van der Waals surface area contributed by atoms with Gasteiger partial charge in [-0.1, -0.05) is 59.6 Å². The number of carbonyl (C=O) groups excluding carboxylic acids is 1. The monoisotopic (exact) mass is 467 g/mol. The Kier molecular flexibility index (Phi) is 7.55. The first-order valence-electron chi connectivity index (χ1n) is 9.50. The minimum absolute atomic E-state index is 0.223. The molecule has 1 aliphatic rings. The number of rotatable bonds is 6. The molecule has 1 fully saturated rings. The van der Waals surface area contributed by atoms with E-state index in [9.17, 15) is 13.2 Å². The fourth-order valence-corrected chi connectivity index (χ4v) is 4.68. The molecule has 6 nitrogen and oxygen atoms in total. The summed E-state index contributed by atoms with van der Waals surface area (Å²) < 4.78 is 26.6. The molecule has 3 rings (SSSR count). The summed E-state index contributed by atoms with van der Waals surface area (Å²) in [5.74, 6) is -0.223. The molecule has 0 aromatic heterocycles. The Balaban J connectivity index is 1.57. The van der Waals surface area contributed by atoms with Crippen molar-refractivity contribution in [2.45, 2.75) is 13.0 Å². The highest BCUT2D eigenvalue weighted by Gasteiger charge is 2.30. The first-order chi connectivity index (χ1) is 14.3.